The van der Waals surface area contributed by atoms with Gasteiger partial charge in [0.25, 0.3) is 0 Å². The Kier molecular flexibility index (Phi) is 3.01. The molecule has 4 aromatic rings. The Labute approximate surface area is 133 Å². The van der Waals surface area contributed by atoms with E-state index in [9.17, 15) is 0 Å². The first-order valence-electron chi connectivity index (χ1n) is 7.46. The van der Waals surface area contributed by atoms with E-state index in [1.54, 1.807) is 6.33 Å². The minimum absolute atomic E-state index is 0.726. The predicted molar refractivity (Wildman–Crippen MR) is 88.6 cm³/mol. The van der Waals surface area contributed by atoms with Gasteiger partial charge in [-0.2, -0.15) is 5.10 Å². The van der Waals surface area contributed by atoms with E-state index in [1.165, 1.54) is 23.1 Å². The van der Waals surface area contributed by atoms with Gasteiger partial charge in [0.1, 0.15) is 11.8 Å². The quantitative estimate of drug-likeness (QED) is 0.561. The van der Waals surface area contributed by atoms with Crippen LogP contribution < -0.4 is 0 Å². The van der Waals surface area contributed by atoms with E-state index in [-0.39, 0.29) is 0 Å². The normalized spacial score (nSPS) is 11.3. The Hall–Kier alpha value is -2.95. The minimum Gasteiger partial charge on any atom is -0.443 e. The SMILES string of the molecule is Cc1cc(C)c(-n2ncnc2-c2cccc3ncoc23)c(C)c1. The van der Waals surface area contributed by atoms with Crippen LogP contribution in [0.3, 0.4) is 0 Å². The highest BCUT2D eigenvalue weighted by Crippen LogP contribution is 2.30. The van der Waals surface area contributed by atoms with E-state index >= 15 is 0 Å². The maximum absolute atomic E-state index is 5.55. The Morgan fingerprint density at radius 1 is 1.00 bits per heavy atom. The Bertz CT molecular complexity index is 990. The Balaban J connectivity index is 1.99. The van der Waals surface area contributed by atoms with Gasteiger partial charge in [0.2, 0.25) is 0 Å². The highest BCUT2D eigenvalue weighted by atomic mass is 16.3. The molecule has 0 aliphatic rings. The van der Waals surface area contributed by atoms with Crippen LogP contribution in [0.4, 0.5) is 0 Å². The van der Waals surface area contributed by atoms with Crippen molar-refractivity contribution >= 4 is 11.1 Å². The lowest BCUT2D eigenvalue weighted by atomic mass is 10.0. The van der Waals surface area contributed by atoms with E-state index in [4.69, 9.17) is 4.42 Å². The molecule has 0 aliphatic carbocycles. The molecule has 4 rings (SSSR count). The standard InChI is InChI=1S/C18H16N4O/c1-11-7-12(2)16(13(3)8-11)22-18(19-9-21-22)14-5-4-6-15-17(14)23-10-20-15/h4-10H,1-3H3. The molecule has 2 aromatic heterocycles. The highest BCUT2D eigenvalue weighted by molar-refractivity contribution is 5.88. The van der Waals surface area contributed by atoms with Gasteiger partial charge in [0, 0.05) is 0 Å². The number of aromatic nitrogens is 4. The molecular weight excluding hydrogens is 288 g/mol. The molecule has 23 heavy (non-hydrogen) atoms. The number of rotatable bonds is 2. The van der Waals surface area contributed by atoms with Crippen molar-refractivity contribution in [3.63, 3.8) is 0 Å². The maximum Gasteiger partial charge on any atom is 0.182 e. The van der Waals surface area contributed by atoms with Gasteiger partial charge >= 0.3 is 0 Å². The molecule has 114 valence electrons. The second kappa shape index (κ2) is 5.05. The van der Waals surface area contributed by atoms with Gasteiger partial charge in [0.15, 0.2) is 17.8 Å². The summed E-state index contributed by atoms with van der Waals surface area (Å²) in [6, 6.07) is 10.2. The molecule has 5 heteroatoms. The topological polar surface area (TPSA) is 56.7 Å². The van der Waals surface area contributed by atoms with Crippen molar-refractivity contribution in [1.82, 2.24) is 19.7 Å². The van der Waals surface area contributed by atoms with Gasteiger partial charge < -0.3 is 4.42 Å². The number of fused-ring (bicyclic) bond motifs is 1. The van der Waals surface area contributed by atoms with Gasteiger partial charge in [0.05, 0.1) is 11.3 Å². The first-order chi connectivity index (χ1) is 11.1. The van der Waals surface area contributed by atoms with Gasteiger partial charge in [-0.15, -0.1) is 0 Å². The molecule has 0 saturated heterocycles. The fraction of sp³-hybridized carbons (Fsp3) is 0.167. The molecule has 0 saturated carbocycles. The Morgan fingerprint density at radius 3 is 2.57 bits per heavy atom. The van der Waals surface area contributed by atoms with Crippen LogP contribution in [-0.4, -0.2) is 19.7 Å². The first-order valence-corrected chi connectivity index (χ1v) is 7.46. The third-order valence-electron chi connectivity index (χ3n) is 3.99. The van der Waals surface area contributed by atoms with Crippen molar-refractivity contribution in [3.8, 4) is 17.1 Å². The molecule has 0 N–H and O–H groups in total. The van der Waals surface area contributed by atoms with Gasteiger partial charge in [-0.05, 0) is 44.0 Å². The van der Waals surface area contributed by atoms with Crippen LogP contribution in [0.5, 0.6) is 0 Å². The third kappa shape index (κ3) is 2.12. The van der Waals surface area contributed by atoms with E-state index in [0.29, 0.717) is 0 Å². The summed E-state index contributed by atoms with van der Waals surface area (Å²) in [5.41, 5.74) is 7.05. The van der Waals surface area contributed by atoms with Gasteiger partial charge in [-0.3, -0.25) is 0 Å². The van der Waals surface area contributed by atoms with Crippen molar-refractivity contribution in [2.45, 2.75) is 20.8 Å². The van der Waals surface area contributed by atoms with Crippen LogP contribution in [0.15, 0.2) is 47.5 Å². The summed E-state index contributed by atoms with van der Waals surface area (Å²) in [4.78, 5) is 8.68. The number of oxazole rings is 1. The molecule has 0 spiro atoms. The molecular formula is C18H16N4O. The molecule has 0 amide bonds. The van der Waals surface area contributed by atoms with Crippen molar-refractivity contribution in [2.75, 3.05) is 0 Å². The zero-order chi connectivity index (χ0) is 16.0. The zero-order valence-corrected chi connectivity index (χ0v) is 13.2. The van der Waals surface area contributed by atoms with E-state index < -0.39 is 0 Å². The summed E-state index contributed by atoms with van der Waals surface area (Å²) in [7, 11) is 0. The summed E-state index contributed by atoms with van der Waals surface area (Å²) < 4.78 is 7.43. The van der Waals surface area contributed by atoms with E-state index in [0.717, 1.165) is 28.2 Å². The van der Waals surface area contributed by atoms with Gasteiger partial charge in [-0.1, -0.05) is 23.8 Å². The average molecular weight is 304 g/mol. The zero-order valence-electron chi connectivity index (χ0n) is 13.2. The number of hydrogen-bond acceptors (Lipinski definition) is 4. The fourth-order valence-electron chi connectivity index (χ4n) is 3.16. The Morgan fingerprint density at radius 2 is 1.78 bits per heavy atom. The summed E-state index contributed by atoms with van der Waals surface area (Å²) in [5, 5.41) is 4.45. The summed E-state index contributed by atoms with van der Waals surface area (Å²) >= 11 is 0. The molecule has 2 aromatic carbocycles. The van der Waals surface area contributed by atoms with Crippen molar-refractivity contribution in [3.05, 3.63) is 59.7 Å². The fourth-order valence-corrected chi connectivity index (χ4v) is 3.16. The third-order valence-corrected chi connectivity index (χ3v) is 3.99. The van der Waals surface area contributed by atoms with Crippen LogP contribution in [0.1, 0.15) is 16.7 Å². The predicted octanol–water partition coefficient (Wildman–Crippen LogP) is 4.00. The van der Waals surface area contributed by atoms with Crippen LogP contribution in [0.2, 0.25) is 0 Å². The van der Waals surface area contributed by atoms with E-state index in [1.807, 2.05) is 22.9 Å². The lowest BCUT2D eigenvalue weighted by Crippen LogP contribution is -2.05. The van der Waals surface area contributed by atoms with Crippen molar-refractivity contribution < 1.29 is 4.42 Å². The van der Waals surface area contributed by atoms with Crippen molar-refractivity contribution in [2.24, 2.45) is 0 Å². The van der Waals surface area contributed by atoms with Crippen LogP contribution >= 0.6 is 0 Å². The number of aryl methyl sites for hydroxylation is 3. The molecule has 2 heterocycles. The number of para-hydroxylation sites is 1. The monoisotopic (exact) mass is 304 g/mol. The van der Waals surface area contributed by atoms with Crippen LogP contribution in [-0.2, 0) is 0 Å². The van der Waals surface area contributed by atoms with Crippen molar-refractivity contribution in [1.29, 1.82) is 0 Å². The molecule has 0 bridgehead atoms. The molecule has 0 unspecified atom stereocenters. The summed E-state index contributed by atoms with van der Waals surface area (Å²) in [6.07, 6.45) is 3.03. The first kappa shape index (κ1) is 13.7. The molecule has 0 aliphatic heterocycles. The molecule has 0 fully saturated rings. The smallest absolute Gasteiger partial charge is 0.182 e. The van der Waals surface area contributed by atoms with Crippen LogP contribution in [0, 0.1) is 20.8 Å². The second-order valence-electron chi connectivity index (χ2n) is 5.75. The number of nitrogens with zero attached hydrogens (tertiary/aromatic N) is 4. The summed E-state index contributed by atoms with van der Waals surface area (Å²) in [5.74, 6) is 0.752. The van der Waals surface area contributed by atoms with E-state index in [2.05, 4.69) is 48.0 Å². The average Bonchev–Trinajstić information content (AvgIpc) is 3.14. The van der Waals surface area contributed by atoms with Crippen LogP contribution in [0.25, 0.3) is 28.2 Å². The molecule has 0 atom stereocenters. The second-order valence-corrected chi connectivity index (χ2v) is 5.75. The number of benzene rings is 2. The highest BCUT2D eigenvalue weighted by Gasteiger charge is 2.17. The molecule has 0 radical (unpaired) electrons. The minimum atomic E-state index is 0.726. The largest absolute Gasteiger partial charge is 0.443 e. The maximum atomic E-state index is 5.55. The molecule has 5 nitrogen and oxygen atoms in total. The lowest BCUT2D eigenvalue weighted by Gasteiger charge is -2.13. The summed E-state index contributed by atoms with van der Waals surface area (Å²) in [6.45, 7) is 6.28. The van der Waals surface area contributed by atoms with Gasteiger partial charge in [-0.25, -0.2) is 14.6 Å². The number of hydrogen-bond donors (Lipinski definition) is 0. The lowest BCUT2D eigenvalue weighted by molar-refractivity contribution is 0.602.